The number of hydrogen-bond acceptors (Lipinski definition) is 1. The maximum absolute atomic E-state index is 4.21. The largest absolute Gasteiger partial charge is 0.264 e. The summed E-state index contributed by atoms with van der Waals surface area (Å²) in [5, 5.41) is 2.56. The number of fused-ring (bicyclic) bond motifs is 1. The van der Waals surface area contributed by atoms with Crippen molar-refractivity contribution in [3.8, 4) is 0 Å². The van der Waals surface area contributed by atoms with E-state index < -0.39 is 0 Å². The monoisotopic (exact) mass is 185 g/mol. The first kappa shape index (κ1) is 9.20. The molecule has 1 aromatic carbocycles. The van der Waals surface area contributed by atoms with Gasteiger partial charge in [0.05, 0.1) is 0 Å². The van der Waals surface area contributed by atoms with Gasteiger partial charge in [0.2, 0.25) is 0 Å². The molecule has 0 radical (unpaired) electrons. The van der Waals surface area contributed by atoms with Gasteiger partial charge in [-0.3, -0.25) is 4.98 Å². The first-order valence-electron chi connectivity index (χ1n) is 5.03. The van der Waals surface area contributed by atoms with E-state index in [9.17, 15) is 0 Å². The minimum atomic E-state index is 0.583. The highest BCUT2D eigenvalue weighted by atomic mass is 14.6. The Morgan fingerprint density at radius 2 is 1.93 bits per heavy atom. The topological polar surface area (TPSA) is 12.9 Å². The molecule has 0 bridgehead atoms. The molecule has 0 unspecified atom stereocenters. The number of rotatable bonds is 1. The van der Waals surface area contributed by atoms with Crippen LogP contribution in [0.1, 0.15) is 30.9 Å². The molecule has 0 saturated carbocycles. The first-order valence-corrected chi connectivity index (χ1v) is 5.03. The van der Waals surface area contributed by atoms with Crippen molar-refractivity contribution in [3.05, 3.63) is 41.7 Å². The van der Waals surface area contributed by atoms with Crippen LogP contribution in [-0.2, 0) is 0 Å². The summed E-state index contributed by atoms with van der Waals surface area (Å²) < 4.78 is 0. The molecule has 0 N–H and O–H groups in total. The van der Waals surface area contributed by atoms with Crippen LogP contribution in [0.5, 0.6) is 0 Å². The lowest BCUT2D eigenvalue weighted by Gasteiger charge is -2.07. The van der Waals surface area contributed by atoms with E-state index in [4.69, 9.17) is 0 Å². The minimum absolute atomic E-state index is 0.583. The zero-order chi connectivity index (χ0) is 10.1. The summed E-state index contributed by atoms with van der Waals surface area (Å²) >= 11 is 0. The molecule has 72 valence electrons. The summed E-state index contributed by atoms with van der Waals surface area (Å²) in [5.74, 6) is 0.583. The van der Waals surface area contributed by atoms with Crippen LogP contribution < -0.4 is 0 Å². The average Bonchev–Trinajstić information content (AvgIpc) is 2.17. The van der Waals surface area contributed by atoms with Crippen LogP contribution in [0.3, 0.4) is 0 Å². The molecule has 0 spiro atoms. The molecule has 1 aromatic heterocycles. The molecule has 2 rings (SSSR count). The fourth-order valence-corrected chi connectivity index (χ4v) is 1.71. The number of nitrogens with zero attached hydrogens (tertiary/aromatic N) is 1. The van der Waals surface area contributed by atoms with Gasteiger partial charge in [-0.1, -0.05) is 26.0 Å². The molecule has 0 atom stereocenters. The highest BCUT2D eigenvalue weighted by Crippen LogP contribution is 2.22. The summed E-state index contributed by atoms with van der Waals surface area (Å²) in [6.07, 6.45) is 3.85. The van der Waals surface area contributed by atoms with Gasteiger partial charge in [-0.25, -0.2) is 0 Å². The Morgan fingerprint density at radius 1 is 1.14 bits per heavy atom. The number of benzene rings is 1. The summed E-state index contributed by atoms with van der Waals surface area (Å²) in [6.45, 7) is 6.53. The molecule has 1 heteroatoms. The Morgan fingerprint density at radius 3 is 2.64 bits per heavy atom. The average molecular weight is 185 g/mol. The first-order chi connectivity index (χ1) is 6.68. The number of aryl methyl sites for hydroxylation is 1. The fourth-order valence-electron chi connectivity index (χ4n) is 1.71. The lowest BCUT2D eigenvalue weighted by Crippen LogP contribution is -1.88. The molecular weight excluding hydrogens is 170 g/mol. The third kappa shape index (κ3) is 1.50. The third-order valence-electron chi connectivity index (χ3n) is 2.65. The summed E-state index contributed by atoms with van der Waals surface area (Å²) in [6, 6.07) is 6.64. The van der Waals surface area contributed by atoms with Crippen molar-refractivity contribution < 1.29 is 0 Å². The van der Waals surface area contributed by atoms with E-state index >= 15 is 0 Å². The van der Waals surface area contributed by atoms with Crippen LogP contribution in [0.15, 0.2) is 30.6 Å². The zero-order valence-electron chi connectivity index (χ0n) is 8.91. The molecule has 2 aromatic rings. The van der Waals surface area contributed by atoms with Crippen LogP contribution in [-0.4, -0.2) is 4.98 Å². The van der Waals surface area contributed by atoms with E-state index in [0.29, 0.717) is 5.92 Å². The predicted molar refractivity (Wildman–Crippen MR) is 60.6 cm³/mol. The molecule has 0 saturated heterocycles. The fraction of sp³-hybridized carbons (Fsp3) is 0.308. The van der Waals surface area contributed by atoms with Crippen molar-refractivity contribution >= 4 is 10.8 Å². The van der Waals surface area contributed by atoms with Crippen molar-refractivity contribution in [2.45, 2.75) is 26.7 Å². The maximum atomic E-state index is 4.21. The van der Waals surface area contributed by atoms with Gasteiger partial charge < -0.3 is 0 Å². The lowest BCUT2D eigenvalue weighted by molar-refractivity contribution is 0.868. The third-order valence-corrected chi connectivity index (χ3v) is 2.65. The second-order valence-electron chi connectivity index (χ2n) is 4.09. The Balaban J connectivity index is 2.67. The van der Waals surface area contributed by atoms with Gasteiger partial charge >= 0.3 is 0 Å². The number of pyridine rings is 1. The van der Waals surface area contributed by atoms with Gasteiger partial charge in [-0.05, 0) is 35.4 Å². The van der Waals surface area contributed by atoms with Crippen molar-refractivity contribution in [1.29, 1.82) is 0 Å². The number of aromatic nitrogens is 1. The summed E-state index contributed by atoms with van der Waals surface area (Å²) in [4.78, 5) is 4.21. The summed E-state index contributed by atoms with van der Waals surface area (Å²) in [7, 11) is 0. The quantitative estimate of drug-likeness (QED) is 0.660. The van der Waals surface area contributed by atoms with Crippen LogP contribution >= 0.6 is 0 Å². The molecule has 0 aliphatic heterocycles. The van der Waals surface area contributed by atoms with Crippen LogP contribution in [0.2, 0.25) is 0 Å². The van der Waals surface area contributed by atoms with E-state index in [1.807, 2.05) is 12.4 Å². The molecule has 0 aliphatic rings. The standard InChI is InChI=1S/C13H15N/c1-9(2)11-4-5-13-10(3)7-14-8-12(13)6-11/h4-9H,1-3H3. The molecular formula is C13H15N. The van der Waals surface area contributed by atoms with Gasteiger partial charge in [0.15, 0.2) is 0 Å². The Hall–Kier alpha value is -1.37. The van der Waals surface area contributed by atoms with Crippen molar-refractivity contribution in [3.63, 3.8) is 0 Å². The smallest absolute Gasteiger partial charge is 0.0346 e. The van der Waals surface area contributed by atoms with Gasteiger partial charge in [-0.2, -0.15) is 0 Å². The van der Waals surface area contributed by atoms with Gasteiger partial charge in [0, 0.05) is 17.8 Å². The van der Waals surface area contributed by atoms with Crippen molar-refractivity contribution in [2.75, 3.05) is 0 Å². The van der Waals surface area contributed by atoms with E-state index in [-0.39, 0.29) is 0 Å². The molecule has 0 fully saturated rings. The molecule has 0 amide bonds. The Bertz CT molecular complexity index is 458. The zero-order valence-corrected chi connectivity index (χ0v) is 8.91. The molecule has 14 heavy (non-hydrogen) atoms. The molecule has 0 aliphatic carbocycles. The maximum Gasteiger partial charge on any atom is 0.0346 e. The van der Waals surface area contributed by atoms with E-state index in [1.165, 1.54) is 21.9 Å². The van der Waals surface area contributed by atoms with Crippen LogP contribution in [0.4, 0.5) is 0 Å². The van der Waals surface area contributed by atoms with E-state index in [0.717, 1.165) is 0 Å². The van der Waals surface area contributed by atoms with Crippen molar-refractivity contribution in [2.24, 2.45) is 0 Å². The summed E-state index contributed by atoms with van der Waals surface area (Å²) in [5.41, 5.74) is 2.63. The lowest BCUT2D eigenvalue weighted by atomic mass is 9.99. The highest BCUT2D eigenvalue weighted by molar-refractivity contribution is 5.85. The Labute approximate surface area is 84.8 Å². The minimum Gasteiger partial charge on any atom is -0.264 e. The SMILES string of the molecule is Cc1cncc2cc(C(C)C)ccc12. The van der Waals surface area contributed by atoms with Gasteiger partial charge in [0.25, 0.3) is 0 Å². The van der Waals surface area contributed by atoms with Crippen LogP contribution in [0, 0.1) is 6.92 Å². The molecule has 1 heterocycles. The van der Waals surface area contributed by atoms with E-state index in [2.05, 4.69) is 44.0 Å². The second-order valence-corrected chi connectivity index (χ2v) is 4.09. The Kier molecular flexibility index (Phi) is 2.24. The van der Waals surface area contributed by atoms with Gasteiger partial charge in [-0.15, -0.1) is 0 Å². The highest BCUT2D eigenvalue weighted by Gasteiger charge is 2.01. The van der Waals surface area contributed by atoms with Crippen LogP contribution in [0.25, 0.3) is 10.8 Å². The van der Waals surface area contributed by atoms with Gasteiger partial charge in [0.1, 0.15) is 0 Å². The van der Waals surface area contributed by atoms with Crippen molar-refractivity contribution in [1.82, 2.24) is 4.98 Å². The normalized spacial score (nSPS) is 11.1. The number of hydrogen-bond donors (Lipinski definition) is 0. The molecule has 1 nitrogen and oxygen atoms in total. The van der Waals surface area contributed by atoms with E-state index in [1.54, 1.807) is 0 Å². The second kappa shape index (κ2) is 3.41. The predicted octanol–water partition coefficient (Wildman–Crippen LogP) is 3.67.